The third kappa shape index (κ3) is 2.72. The normalized spacial score (nSPS) is 18.1. The molecule has 4 nitrogen and oxygen atoms in total. The Kier molecular flexibility index (Phi) is 3.71. The second kappa shape index (κ2) is 5.10. The number of carbonyl (C=O) groups excluding carboxylic acids is 1. The first-order chi connectivity index (χ1) is 8.50. The van der Waals surface area contributed by atoms with Crippen LogP contribution in [0.15, 0.2) is 23.1 Å². The molecule has 1 amide bonds. The van der Waals surface area contributed by atoms with E-state index in [0.717, 1.165) is 18.4 Å². The summed E-state index contributed by atoms with van der Waals surface area (Å²) >= 11 is 0. The first-order valence-electron chi connectivity index (χ1n) is 6.06. The summed E-state index contributed by atoms with van der Waals surface area (Å²) in [6.07, 6.45) is 2.05. The zero-order valence-corrected chi connectivity index (χ0v) is 11.4. The number of hydrogen-bond donors (Lipinski definition) is 2. The van der Waals surface area contributed by atoms with Gasteiger partial charge in [0.25, 0.3) is 0 Å². The summed E-state index contributed by atoms with van der Waals surface area (Å²) in [5.74, 6) is -0.156. The van der Waals surface area contributed by atoms with Crippen molar-refractivity contribution < 1.29 is 9.00 Å². The number of nitrogens with two attached hydrogens (primary N) is 1. The van der Waals surface area contributed by atoms with E-state index >= 15 is 0 Å². The Labute approximate surface area is 109 Å². The SMILES string of the molecule is Cc1cccc(S(=O)C(C)C(=O)NC2CC2)c1N. The lowest BCUT2D eigenvalue weighted by Gasteiger charge is -2.14. The van der Waals surface area contributed by atoms with E-state index in [1.165, 1.54) is 0 Å². The molecule has 2 atom stereocenters. The van der Waals surface area contributed by atoms with Crippen LogP contribution in [-0.4, -0.2) is 21.4 Å². The van der Waals surface area contributed by atoms with Gasteiger partial charge < -0.3 is 11.1 Å². The number of anilines is 1. The maximum Gasteiger partial charge on any atom is 0.236 e. The molecule has 1 saturated carbocycles. The van der Waals surface area contributed by atoms with Crippen LogP contribution in [0.3, 0.4) is 0 Å². The molecule has 0 spiro atoms. The molecule has 1 aromatic carbocycles. The van der Waals surface area contributed by atoms with Gasteiger partial charge in [0, 0.05) is 6.04 Å². The molecule has 0 aliphatic heterocycles. The fourth-order valence-electron chi connectivity index (χ4n) is 1.66. The molecule has 1 aromatic rings. The fraction of sp³-hybridized carbons (Fsp3) is 0.462. The van der Waals surface area contributed by atoms with Crippen molar-refractivity contribution in [2.45, 2.75) is 42.9 Å². The number of aryl methyl sites for hydroxylation is 1. The van der Waals surface area contributed by atoms with Crippen molar-refractivity contribution >= 4 is 22.4 Å². The van der Waals surface area contributed by atoms with Crippen LogP contribution in [0.2, 0.25) is 0 Å². The minimum absolute atomic E-state index is 0.156. The Morgan fingerprint density at radius 3 is 2.78 bits per heavy atom. The summed E-state index contributed by atoms with van der Waals surface area (Å²) in [6.45, 7) is 3.54. The average molecular weight is 266 g/mol. The summed E-state index contributed by atoms with van der Waals surface area (Å²) in [7, 11) is -1.41. The summed E-state index contributed by atoms with van der Waals surface area (Å²) in [4.78, 5) is 12.4. The van der Waals surface area contributed by atoms with Crippen molar-refractivity contribution in [3.8, 4) is 0 Å². The van der Waals surface area contributed by atoms with Crippen LogP contribution >= 0.6 is 0 Å². The van der Waals surface area contributed by atoms with Gasteiger partial charge in [-0.2, -0.15) is 0 Å². The zero-order chi connectivity index (χ0) is 13.3. The summed E-state index contributed by atoms with van der Waals surface area (Å²) in [5, 5.41) is 2.29. The van der Waals surface area contributed by atoms with Crippen molar-refractivity contribution in [3.05, 3.63) is 23.8 Å². The predicted octanol–water partition coefficient (Wildman–Crippen LogP) is 1.35. The summed E-state index contributed by atoms with van der Waals surface area (Å²) in [5.41, 5.74) is 7.31. The van der Waals surface area contributed by atoms with Crippen molar-refractivity contribution in [2.75, 3.05) is 5.73 Å². The number of nitrogen functional groups attached to an aromatic ring is 1. The molecule has 0 heterocycles. The maximum atomic E-state index is 12.3. The van der Waals surface area contributed by atoms with Crippen LogP contribution in [0.1, 0.15) is 25.3 Å². The van der Waals surface area contributed by atoms with Gasteiger partial charge in [0.15, 0.2) is 0 Å². The molecule has 18 heavy (non-hydrogen) atoms. The van der Waals surface area contributed by atoms with E-state index in [4.69, 9.17) is 5.73 Å². The van der Waals surface area contributed by atoms with Crippen LogP contribution in [0.25, 0.3) is 0 Å². The van der Waals surface area contributed by atoms with E-state index in [1.54, 1.807) is 13.0 Å². The first-order valence-corrected chi connectivity index (χ1v) is 7.28. The molecule has 0 aromatic heterocycles. The number of benzene rings is 1. The van der Waals surface area contributed by atoms with Crippen LogP contribution in [0.5, 0.6) is 0 Å². The topological polar surface area (TPSA) is 72.2 Å². The first kappa shape index (κ1) is 13.1. The van der Waals surface area contributed by atoms with Gasteiger partial charge in [0.2, 0.25) is 5.91 Å². The molecule has 1 aliphatic carbocycles. The number of rotatable bonds is 4. The Hall–Kier alpha value is -1.36. The molecule has 0 bridgehead atoms. The lowest BCUT2D eigenvalue weighted by molar-refractivity contribution is -0.120. The van der Waals surface area contributed by atoms with Crippen LogP contribution in [0, 0.1) is 6.92 Å². The zero-order valence-electron chi connectivity index (χ0n) is 10.6. The van der Waals surface area contributed by atoms with E-state index in [2.05, 4.69) is 5.32 Å². The van der Waals surface area contributed by atoms with Gasteiger partial charge >= 0.3 is 0 Å². The second-order valence-corrected chi connectivity index (χ2v) is 6.45. The Morgan fingerprint density at radius 2 is 2.17 bits per heavy atom. The van der Waals surface area contributed by atoms with Gasteiger partial charge in [-0.25, -0.2) is 0 Å². The number of nitrogens with one attached hydrogen (secondary N) is 1. The third-order valence-corrected chi connectivity index (χ3v) is 4.76. The van der Waals surface area contributed by atoms with E-state index in [1.807, 2.05) is 19.1 Å². The van der Waals surface area contributed by atoms with Gasteiger partial charge in [-0.05, 0) is 38.3 Å². The number of para-hydroxylation sites is 1. The molecule has 3 N–H and O–H groups in total. The highest BCUT2D eigenvalue weighted by atomic mass is 32.2. The van der Waals surface area contributed by atoms with Gasteiger partial charge in [0.1, 0.15) is 5.25 Å². The molecule has 0 radical (unpaired) electrons. The third-order valence-electron chi connectivity index (χ3n) is 3.11. The minimum Gasteiger partial charge on any atom is -0.398 e. The molecule has 2 rings (SSSR count). The highest BCUT2D eigenvalue weighted by molar-refractivity contribution is 7.86. The highest BCUT2D eigenvalue weighted by Crippen LogP contribution is 2.23. The molecule has 2 unspecified atom stereocenters. The van der Waals surface area contributed by atoms with Crippen molar-refractivity contribution in [2.24, 2.45) is 0 Å². The smallest absolute Gasteiger partial charge is 0.236 e. The fourth-order valence-corrected chi connectivity index (χ4v) is 2.90. The quantitative estimate of drug-likeness (QED) is 0.808. The lowest BCUT2D eigenvalue weighted by Crippen LogP contribution is -2.36. The maximum absolute atomic E-state index is 12.3. The van der Waals surface area contributed by atoms with E-state index < -0.39 is 16.0 Å². The second-order valence-electron chi connectivity index (χ2n) is 4.71. The Morgan fingerprint density at radius 1 is 1.50 bits per heavy atom. The van der Waals surface area contributed by atoms with Crippen LogP contribution in [0.4, 0.5) is 5.69 Å². The standard InChI is InChI=1S/C13H18N2O2S/c1-8-4-3-5-11(12(8)14)18(17)9(2)13(16)15-10-6-7-10/h3-5,9-10H,6-7,14H2,1-2H3,(H,15,16). The van der Waals surface area contributed by atoms with Crippen molar-refractivity contribution in [1.82, 2.24) is 5.32 Å². The van der Waals surface area contributed by atoms with Crippen LogP contribution < -0.4 is 11.1 Å². The van der Waals surface area contributed by atoms with Gasteiger partial charge in [-0.1, -0.05) is 12.1 Å². The number of hydrogen-bond acceptors (Lipinski definition) is 3. The molecule has 0 saturated heterocycles. The summed E-state index contributed by atoms with van der Waals surface area (Å²) < 4.78 is 12.3. The largest absolute Gasteiger partial charge is 0.398 e. The lowest BCUT2D eigenvalue weighted by atomic mass is 10.2. The van der Waals surface area contributed by atoms with Gasteiger partial charge in [-0.15, -0.1) is 0 Å². The van der Waals surface area contributed by atoms with Crippen molar-refractivity contribution in [1.29, 1.82) is 0 Å². The van der Waals surface area contributed by atoms with Crippen LogP contribution in [-0.2, 0) is 15.6 Å². The minimum atomic E-state index is -1.41. The molecule has 5 heteroatoms. The average Bonchev–Trinajstić information content (AvgIpc) is 3.14. The highest BCUT2D eigenvalue weighted by Gasteiger charge is 2.29. The molecular formula is C13H18N2O2S. The Bertz CT molecular complexity index is 498. The Balaban J connectivity index is 2.14. The van der Waals surface area contributed by atoms with E-state index in [0.29, 0.717) is 10.6 Å². The number of carbonyl (C=O) groups is 1. The van der Waals surface area contributed by atoms with E-state index in [-0.39, 0.29) is 11.9 Å². The monoisotopic (exact) mass is 266 g/mol. The van der Waals surface area contributed by atoms with Gasteiger partial charge in [0.05, 0.1) is 21.4 Å². The summed E-state index contributed by atoms with van der Waals surface area (Å²) in [6, 6.07) is 5.68. The molecule has 1 aliphatic rings. The van der Waals surface area contributed by atoms with Gasteiger partial charge in [-0.3, -0.25) is 9.00 Å². The predicted molar refractivity (Wildman–Crippen MR) is 72.6 cm³/mol. The number of amides is 1. The molecule has 1 fully saturated rings. The molecular weight excluding hydrogens is 248 g/mol. The van der Waals surface area contributed by atoms with E-state index in [9.17, 15) is 9.00 Å². The molecule has 98 valence electrons. The van der Waals surface area contributed by atoms with Crippen molar-refractivity contribution in [3.63, 3.8) is 0 Å².